The Hall–Kier alpha value is -2.35. The summed E-state index contributed by atoms with van der Waals surface area (Å²) >= 11 is 0. The van der Waals surface area contributed by atoms with Crippen LogP contribution in [0.2, 0.25) is 0 Å². The standard InChI is InChI=1S/C11H10N4O4/c16-11(17)8-2-1-7(18-8)10-14-9(15-19-10)6-5-12-3-4-13-6/h3-5,7-8H,1-2H2,(H,16,17). The van der Waals surface area contributed by atoms with Gasteiger partial charge in [0, 0.05) is 12.4 Å². The van der Waals surface area contributed by atoms with E-state index < -0.39 is 18.2 Å². The van der Waals surface area contributed by atoms with Crippen LogP contribution in [0.1, 0.15) is 24.8 Å². The summed E-state index contributed by atoms with van der Waals surface area (Å²) < 4.78 is 10.4. The van der Waals surface area contributed by atoms with E-state index >= 15 is 0 Å². The van der Waals surface area contributed by atoms with Crippen molar-refractivity contribution in [1.29, 1.82) is 0 Å². The zero-order valence-corrected chi connectivity index (χ0v) is 9.76. The van der Waals surface area contributed by atoms with E-state index in [9.17, 15) is 4.79 Å². The van der Waals surface area contributed by atoms with Gasteiger partial charge in [-0.25, -0.2) is 9.78 Å². The second kappa shape index (κ2) is 4.73. The topological polar surface area (TPSA) is 111 Å². The fourth-order valence-corrected chi connectivity index (χ4v) is 1.89. The molecule has 98 valence electrons. The Morgan fingerprint density at radius 2 is 2.26 bits per heavy atom. The Kier molecular flexibility index (Phi) is 2.92. The summed E-state index contributed by atoms with van der Waals surface area (Å²) in [6.45, 7) is 0. The maximum atomic E-state index is 10.8. The highest BCUT2D eigenvalue weighted by Crippen LogP contribution is 2.32. The van der Waals surface area contributed by atoms with Crippen molar-refractivity contribution in [2.45, 2.75) is 25.0 Å². The molecule has 1 aliphatic heterocycles. The number of carbonyl (C=O) groups is 1. The van der Waals surface area contributed by atoms with Gasteiger partial charge in [-0.15, -0.1) is 0 Å². The average Bonchev–Trinajstić information content (AvgIpc) is 3.09. The largest absolute Gasteiger partial charge is 0.479 e. The lowest BCUT2D eigenvalue weighted by molar-refractivity contribution is -0.150. The maximum absolute atomic E-state index is 10.8. The molecule has 0 spiro atoms. The number of carboxylic acid groups (broad SMARTS) is 1. The van der Waals surface area contributed by atoms with Crippen LogP contribution in [-0.2, 0) is 9.53 Å². The van der Waals surface area contributed by atoms with Crippen molar-refractivity contribution < 1.29 is 19.2 Å². The van der Waals surface area contributed by atoms with Gasteiger partial charge in [0.25, 0.3) is 5.89 Å². The number of hydrogen-bond donors (Lipinski definition) is 1. The van der Waals surface area contributed by atoms with E-state index in [2.05, 4.69) is 20.1 Å². The molecule has 2 aromatic rings. The van der Waals surface area contributed by atoms with E-state index in [1.165, 1.54) is 12.4 Å². The molecule has 1 N–H and O–H groups in total. The van der Waals surface area contributed by atoms with Crippen LogP contribution in [0.4, 0.5) is 0 Å². The van der Waals surface area contributed by atoms with Gasteiger partial charge in [-0.1, -0.05) is 5.16 Å². The van der Waals surface area contributed by atoms with Crippen molar-refractivity contribution in [2.24, 2.45) is 0 Å². The predicted octanol–water partition coefficient (Wildman–Crippen LogP) is 0.831. The highest BCUT2D eigenvalue weighted by Gasteiger charge is 2.34. The number of nitrogens with zero attached hydrogens (tertiary/aromatic N) is 4. The summed E-state index contributed by atoms with van der Waals surface area (Å²) in [4.78, 5) is 22.9. The number of aliphatic carboxylic acids is 1. The summed E-state index contributed by atoms with van der Waals surface area (Å²) in [6.07, 6.45) is 4.28. The second-order valence-corrected chi connectivity index (χ2v) is 4.08. The Morgan fingerprint density at radius 1 is 1.37 bits per heavy atom. The first-order valence-electron chi connectivity index (χ1n) is 5.72. The Labute approximate surface area is 107 Å². The van der Waals surface area contributed by atoms with E-state index in [0.717, 1.165) is 0 Å². The van der Waals surface area contributed by atoms with Crippen molar-refractivity contribution in [2.75, 3.05) is 0 Å². The van der Waals surface area contributed by atoms with Gasteiger partial charge in [-0.05, 0) is 12.8 Å². The molecule has 1 aliphatic rings. The first kappa shape index (κ1) is 11.7. The van der Waals surface area contributed by atoms with E-state index in [0.29, 0.717) is 24.4 Å². The van der Waals surface area contributed by atoms with Crippen molar-refractivity contribution in [3.05, 3.63) is 24.5 Å². The molecular formula is C11H10N4O4. The van der Waals surface area contributed by atoms with E-state index in [4.69, 9.17) is 14.4 Å². The lowest BCUT2D eigenvalue weighted by atomic mass is 10.2. The van der Waals surface area contributed by atoms with Crippen molar-refractivity contribution in [3.8, 4) is 11.5 Å². The summed E-state index contributed by atoms with van der Waals surface area (Å²) in [6, 6.07) is 0. The van der Waals surface area contributed by atoms with E-state index in [1.807, 2.05) is 0 Å². The van der Waals surface area contributed by atoms with Gasteiger partial charge in [0.15, 0.2) is 6.10 Å². The molecule has 3 heterocycles. The minimum atomic E-state index is -0.976. The molecule has 0 radical (unpaired) electrons. The number of hydrogen-bond acceptors (Lipinski definition) is 7. The van der Waals surface area contributed by atoms with E-state index in [-0.39, 0.29) is 5.89 Å². The highest BCUT2D eigenvalue weighted by molar-refractivity contribution is 5.72. The molecule has 3 rings (SSSR count). The van der Waals surface area contributed by atoms with Crippen LogP contribution < -0.4 is 0 Å². The molecule has 2 atom stereocenters. The van der Waals surface area contributed by atoms with Crippen LogP contribution in [0.3, 0.4) is 0 Å². The van der Waals surface area contributed by atoms with Crippen LogP contribution in [-0.4, -0.2) is 37.3 Å². The summed E-state index contributed by atoms with van der Waals surface area (Å²) in [5.74, 6) is -0.397. The van der Waals surface area contributed by atoms with Crippen molar-refractivity contribution in [3.63, 3.8) is 0 Å². The maximum Gasteiger partial charge on any atom is 0.332 e. The lowest BCUT2D eigenvalue weighted by Crippen LogP contribution is -2.18. The number of rotatable bonds is 3. The summed E-state index contributed by atoms with van der Waals surface area (Å²) in [5, 5.41) is 12.6. The number of carboxylic acids is 1. The SMILES string of the molecule is O=C(O)C1CCC(c2nc(-c3cnccn3)no2)O1. The minimum Gasteiger partial charge on any atom is -0.479 e. The fraction of sp³-hybridized carbons (Fsp3) is 0.364. The molecule has 0 saturated carbocycles. The number of aromatic nitrogens is 4. The number of ether oxygens (including phenoxy) is 1. The normalized spacial score (nSPS) is 22.5. The average molecular weight is 262 g/mol. The molecule has 2 unspecified atom stereocenters. The molecule has 1 fully saturated rings. The fourth-order valence-electron chi connectivity index (χ4n) is 1.89. The molecule has 0 aromatic carbocycles. The van der Waals surface area contributed by atoms with Crippen LogP contribution >= 0.6 is 0 Å². The van der Waals surface area contributed by atoms with Crippen LogP contribution in [0.25, 0.3) is 11.5 Å². The first-order valence-corrected chi connectivity index (χ1v) is 5.72. The smallest absolute Gasteiger partial charge is 0.332 e. The quantitative estimate of drug-likeness (QED) is 0.865. The van der Waals surface area contributed by atoms with E-state index in [1.54, 1.807) is 6.20 Å². The molecule has 8 heteroatoms. The molecule has 8 nitrogen and oxygen atoms in total. The zero-order valence-electron chi connectivity index (χ0n) is 9.76. The van der Waals surface area contributed by atoms with Gasteiger partial charge in [-0.3, -0.25) is 4.98 Å². The Bertz CT molecular complexity index is 585. The third-order valence-electron chi connectivity index (χ3n) is 2.80. The molecular weight excluding hydrogens is 252 g/mol. The van der Waals surface area contributed by atoms with Gasteiger partial charge in [0.05, 0.1) is 6.20 Å². The molecule has 1 saturated heterocycles. The van der Waals surface area contributed by atoms with Crippen LogP contribution in [0, 0.1) is 0 Å². The molecule has 0 amide bonds. The third kappa shape index (κ3) is 2.29. The first-order chi connectivity index (χ1) is 9.24. The lowest BCUT2D eigenvalue weighted by Gasteiger charge is -2.05. The van der Waals surface area contributed by atoms with Gasteiger partial charge in [-0.2, -0.15) is 4.98 Å². The molecule has 0 aliphatic carbocycles. The van der Waals surface area contributed by atoms with Gasteiger partial charge < -0.3 is 14.4 Å². The Morgan fingerprint density at radius 3 is 2.95 bits per heavy atom. The van der Waals surface area contributed by atoms with Gasteiger partial charge >= 0.3 is 5.97 Å². The monoisotopic (exact) mass is 262 g/mol. The molecule has 0 bridgehead atoms. The highest BCUT2D eigenvalue weighted by atomic mass is 16.5. The second-order valence-electron chi connectivity index (χ2n) is 4.08. The zero-order chi connectivity index (χ0) is 13.2. The van der Waals surface area contributed by atoms with Crippen LogP contribution in [0.15, 0.2) is 23.1 Å². The minimum absolute atomic E-state index is 0.268. The van der Waals surface area contributed by atoms with Gasteiger partial charge in [0.1, 0.15) is 11.8 Å². The summed E-state index contributed by atoms with van der Waals surface area (Å²) in [5.41, 5.74) is 0.491. The van der Waals surface area contributed by atoms with Crippen molar-refractivity contribution >= 4 is 5.97 Å². The van der Waals surface area contributed by atoms with Gasteiger partial charge in [0.2, 0.25) is 5.82 Å². The molecule has 19 heavy (non-hydrogen) atoms. The third-order valence-corrected chi connectivity index (χ3v) is 2.80. The van der Waals surface area contributed by atoms with Crippen molar-refractivity contribution in [1.82, 2.24) is 20.1 Å². The summed E-state index contributed by atoms with van der Waals surface area (Å²) in [7, 11) is 0. The van der Waals surface area contributed by atoms with Crippen LogP contribution in [0.5, 0.6) is 0 Å². The molecule has 2 aromatic heterocycles. The predicted molar refractivity (Wildman–Crippen MR) is 59.8 cm³/mol. The Balaban J connectivity index is 1.78.